The van der Waals surface area contributed by atoms with Crippen LogP contribution in [-0.4, -0.2) is 34.5 Å². The Morgan fingerprint density at radius 1 is 1.22 bits per heavy atom. The van der Waals surface area contributed by atoms with Crippen molar-refractivity contribution in [1.29, 1.82) is 0 Å². The zero-order valence-corrected chi connectivity index (χ0v) is 11.3. The van der Waals surface area contributed by atoms with Crippen LogP contribution in [0.15, 0.2) is 29.2 Å². The summed E-state index contributed by atoms with van der Waals surface area (Å²) in [6.45, 7) is 2.28. The van der Waals surface area contributed by atoms with Crippen LogP contribution in [0.25, 0.3) is 0 Å². The molecule has 0 unspecified atom stereocenters. The van der Waals surface area contributed by atoms with Crippen LogP contribution in [0.5, 0.6) is 5.75 Å². The van der Waals surface area contributed by atoms with Crippen molar-refractivity contribution in [1.82, 2.24) is 0 Å². The maximum atomic E-state index is 11.3. The second-order valence-electron chi connectivity index (χ2n) is 4.61. The highest BCUT2D eigenvalue weighted by molar-refractivity contribution is 7.90. The average molecular weight is 270 g/mol. The van der Waals surface area contributed by atoms with Crippen molar-refractivity contribution in [3.8, 4) is 5.75 Å². The van der Waals surface area contributed by atoms with Crippen molar-refractivity contribution in [2.45, 2.75) is 17.7 Å². The highest BCUT2D eigenvalue weighted by Gasteiger charge is 2.14. The van der Waals surface area contributed by atoms with Gasteiger partial charge in [-0.3, -0.25) is 0 Å². The fourth-order valence-corrected chi connectivity index (χ4v) is 2.54. The van der Waals surface area contributed by atoms with Gasteiger partial charge in [-0.25, -0.2) is 8.42 Å². The quantitative estimate of drug-likeness (QED) is 0.838. The highest BCUT2D eigenvalue weighted by Crippen LogP contribution is 2.19. The van der Waals surface area contributed by atoms with E-state index in [1.54, 1.807) is 24.3 Å². The molecule has 1 heterocycles. The first-order valence-corrected chi connectivity index (χ1v) is 7.95. The van der Waals surface area contributed by atoms with E-state index >= 15 is 0 Å². The Morgan fingerprint density at radius 3 is 2.39 bits per heavy atom. The lowest BCUT2D eigenvalue weighted by Gasteiger charge is -2.22. The molecule has 0 spiro atoms. The topological polar surface area (TPSA) is 52.6 Å². The molecule has 1 fully saturated rings. The molecule has 0 saturated carbocycles. The number of benzene rings is 1. The van der Waals surface area contributed by atoms with Crippen molar-refractivity contribution in [3.63, 3.8) is 0 Å². The third kappa shape index (κ3) is 3.71. The fraction of sp³-hybridized carbons (Fsp3) is 0.538. The molecular formula is C13H18O4S. The van der Waals surface area contributed by atoms with Gasteiger partial charge in [0.05, 0.1) is 11.5 Å². The standard InChI is InChI=1S/C13H18O4S/c1-18(14,15)13-4-2-12(3-5-13)17-10-11-6-8-16-9-7-11/h2-5,11H,6-10H2,1H3. The molecule has 100 valence electrons. The number of rotatable bonds is 4. The van der Waals surface area contributed by atoms with E-state index in [4.69, 9.17) is 9.47 Å². The van der Waals surface area contributed by atoms with Crippen LogP contribution in [0.4, 0.5) is 0 Å². The van der Waals surface area contributed by atoms with Crippen molar-refractivity contribution < 1.29 is 17.9 Å². The van der Waals surface area contributed by atoms with Gasteiger partial charge in [-0.2, -0.15) is 0 Å². The molecule has 0 radical (unpaired) electrons. The van der Waals surface area contributed by atoms with Gasteiger partial charge < -0.3 is 9.47 Å². The molecule has 1 aromatic carbocycles. The van der Waals surface area contributed by atoms with Gasteiger partial charge in [0, 0.05) is 19.5 Å². The van der Waals surface area contributed by atoms with Crippen LogP contribution in [0.1, 0.15) is 12.8 Å². The van der Waals surface area contributed by atoms with Crippen LogP contribution in [0.2, 0.25) is 0 Å². The van der Waals surface area contributed by atoms with Crippen LogP contribution < -0.4 is 4.74 Å². The van der Waals surface area contributed by atoms with Gasteiger partial charge in [0.15, 0.2) is 9.84 Å². The number of hydrogen-bond donors (Lipinski definition) is 0. The van der Waals surface area contributed by atoms with Crippen molar-refractivity contribution in [2.24, 2.45) is 5.92 Å². The summed E-state index contributed by atoms with van der Waals surface area (Å²) in [5.74, 6) is 1.25. The molecule has 1 aromatic rings. The normalized spacial score (nSPS) is 17.6. The molecule has 0 N–H and O–H groups in total. The van der Waals surface area contributed by atoms with Crippen molar-refractivity contribution in [2.75, 3.05) is 26.1 Å². The fourth-order valence-electron chi connectivity index (χ4n) is 1.91. The predicted molar refractivity (Wildman–Crippen MR) is 68.6 cm³/mol. The van der Waals surface area contributed by atoms with E-state index in [0.717, 1.165) is 26.1 Å². The van der Waals surface area contributed by atoms with Gasteiger partial charge in [-0.05, 0) is 43.0 Å². The Bertz CT molecular complexity index is 472. The Balaban J connectivity index is 1.90. The summed E-state index contributed by atoms with van der Waals surface area (Å²) in [6.07, 6.45) is 3.26. The first-order valence-electron chi connectivity index (χ1n) is 6.06. The molecule has 0 atom stereocenters. The van der Waals surface area contributed by atoms with E-state index in [9.17, 15) is 8.42 Å². The summed E-state index contributed by atoms with van der Waals surface area (Å²) >= 11 is 0. The van der Waals surface area contributed by atoms with Gasteiger partial charge in [-0.15, -0.1) is 0 Å². The van der Waals surface area contributed by atoms with Gasteiger partial charge in [0.1, 0.15) is 5.75 Å². The van der Waals surface area contributed by atoms with Gasteiger partial charge >= 0.3 is 0 Å². The minimum absolute atomic E-state index is 0.320. The first-order chi connectivity index (χ1) is 8.55. The summed E-state index contributed by atoms with van der Waals surface area (Å²) in [4.78, 5) is 0.320. The molecule has 1 aliphatic heterocycles. The lowest BCUT2D eigenvalue weighted by Crippen LogP contribution is -2.21. The maximum absolute atomic E-state index is 11.3. The zero-order chi connectivity index (χ0) is 13.0. The van der Waals surface area contributed by atoms with Crippen molar-refractivity contribution >= 4 is 9.84 Å². The number of sulfone groups is 1. The van der Waals surface area contributed by atoms with E-state index < -0.39 is 9.84 Å². The summed E-state index contributed by atoms with van der Waals surface area (Å²) < 4.78 is 33.5. The lowest BCUT2D eigenvalue weighted by molar-refractivity contribution is 0.0497. The maximum Gasteiger partial charge on any atom is 0.175 e. The van der Waals surface area contributed by atoms with Crippen LogP contribution in [0.3, 0.4) is 0 Å². The zero-order valence-electron chi connectivity index (χ0n) is 10.5. The molecule has 1 saturated heterocycles. The third-order valence-corrected chi connectivity index (χ3v) is 4.21. The Morgan fingerprint density at radius 2 is 1.83 bits per heavy atom. The third-order valence-electron chi connectivity index (χ3n) is 3.08. The predicted octanol–water partition coefficient (Wildman–Crippen LogP) is 1.90. The van der Waals surface area contributed by atoms with E-state index in [0.29, 0.717) is 23.2 Å². The highest BCUT2D eigenvalue weighted by atomic mass is 32.2. The molecule has 2 rings (SSSR count). The Labute approximate surface area is 108 Å². The second kappa shape index (κ2) is 5.71. The van der Waals surface area contributed by atoms with Crippen LogP contribution in [0, 0.1) is 5.92 Å². The Kier molecular flexibility index (Phi) is 4.24. The lowest BCUT2D eigenvalue weighted by atomic mass is 10.0. The minimum Gasteiger partial charge on any atom is -0.493 e. The SMILES string of the molecule is CS(=O)(=O)c1ccc(OCC2CCOCC2)cc1. The van der Waals surface area contributed by atoms with Crippen molar-refractivity contribution in [3.05, 3.63) is 24.3 Å². The summed E-state index contributed by atoms with van der Waals surface area (Å²) in [6, 6.07) is 6.56. The molecule has 0 aromatic heterocycles. The largest absolute Gasteiger partial charge is 0.493 e. The molecule has 1 aliphatic rings. The molecule has 0 bridgehead atoms. The van der Waals surface area contributed by atoms with Gasteiger partial charge in [0.2, 0.25) is 0 Å². The van der Waals surface area contributed by atoms with Gasteiger partial charge in [-0.1, -0.05) is 0 Å². The molecule has 5 heteroatoms. The van der Waals surface area contributed by atoms with Gasteiger partial charge in [0.25, 0.3) is 0 Å². The molecule has 0 amide bonds. The van der Waals surface area contributed by atoms with E-state index in [1.807, 2.05) is 0 Å². The smallest absolute Gasteiger partial charge is 0.175 e. The Hall–Kier alpha value is -1.07. The molecule has 0 aliphatic carbocycles. The van der Waals surface area contributed by atoms with Crippen LogP contribution in [-0.2, 0) is 14.6 Å². The summed E-state index contributed by atoms with van der Waals surface area (Å²) in [7, 11) is -3.13. The second-order valence-corrected chi connectivity index (χ2v) is 6.63. The van der Waals surface area contributed by atoms with E-state index in [2.05, 4.69) is 0 Å². The average Bonchev–Trinajstić information content (AvgIpc) is 2.37. The van der Waals surface area contributed by atoms with Crippen LogP contribution >= 0.6 is 0 Å². The monoisotopic (exact) mass is 270 g/mol. The number of hydrogen-bond acceptors (Lipinski definition) is 4. The first kappa shape index (κ1) is 13.4. The molecular weight excluding hydrogens is 252 g/mol. The summed E-state index contributed by atoms with van der Waals surface area (Å²) in [5, 5.41) is 0. The molecule has 4 nitrogen and oxygen atoms in total. The minimum atomic E-state index is -3.13. The van der Waals surface area contributed by atoms with E-state index in [-0.39, 0.29) is 0 Å². The summed E-state index contributed by atoms with van der Waals surface area (Å²) in [5.41, 5.74) is 0. The molecule has 18 heavy (non-hydrogen) atoms. The number of ether oxygens (including phenoxy) is 2. The van der Waals surface area contributed by atoms with E-state index in [1.165, 1.54) is 6.26 Å².